The van der Waals surface area contributed by atoms with Gasteiger partial charge in [0.2, 0.25) is 11.8 Å². The number of aryl methyl sites for hydroxylation is 2. The van der Waals surface area contributed by atoms with Crippen molar-refractivity contribution in [3.63, 3.8) is 0 Å². The van der Waals surface area contributed by atoms with Crippen molar-refractivity contribution in [1.29, 1.82) is 0 Å². The van der Waals surface area contributed by atoms with Crippen molar-refractivity contribution < 1.29 is 13.8 Å². The third kappa shape index (κ3) is 2.75. The van der Waals surface area contributed by atoms with Gasteiger partial charge in [0.05, 0.1) is 11.6 Å². The summed E-state index contributed by atoms with van der Waals surface area (Å²) >= 11 is 0. The molecule has 0 aromatic carbocycles. The quantitative estimate of drug-likeness (QED) is 0.840. The number of amides is 1. The van der Waals surface area contributed by atoms with Gasteiger partial charge in [-0.15, -0.1) is 0 Å². The smallest absolute Gasteiger partial charge is 0.233 e. The van der Waals surface area contributed by atoms with Crippen LogP contribution in [0.5, 0.6) is 0 Å². The van der Waals surface area contributed by atoms with Gasteiger partial charge >= 0.3 is 0 Å². The maximum Gasteiger partial charge on any atom is 0.233 e. The van der Waals surface area contributed by atoms with E-state index in [-0.39, 0.29) is 11.8 Å². The fraction of sp³-hybridized carbons (Fsp3) is 0.625. The summed E-state index contributed by atoms with van der Waals surface area (Å²) in [6.07, 6.45) is 3.48. The molecule has 1 amide bonds. The second-order valence-corrected chi connectivity index (χ2v) is 6.56. The van der Waals surface area contributed by atoms with Crippen molar-refractivity contribution in [2.45, 2.75) is 51.4 Å². The molecule has 0 unspecified atom stereocenters. The molecule has 0 spiro atoms. The Kier molecular flexibility index (Phi) is 3.43. The molecule has 2 aromatic heterocycles. The third-order valence-corrected chi connectivity index (χ3v) is 4.75. The Morgan fingerprint density at radius 2 is 1.96 bits per heavy atom. The second-order valence-electron chi connectivity index (χ2n) is 6.56. The summed E-state index contributed by atoms with van der Waals surface area (Å²) in [7, 11) is 0. The van der Waals surface area contributed by atoms with Gasteiger partial charge in [-0.05, 0) is 33.1 Å². The maximum absolute atomic E-state index is 12.3. The summed E-state index contributed by atoms with van der Waals surface area (Å²) in [6, 6.07) is 0. The molecule has 0 N–H and O–H groups in total. The number of aromatic nitrogens is 3. The first kappa shape index (κ1) is 14.4. The Hall–Kier alpha value is -2.18. The minimum atomic E-state index is 0.156. The molecule has 2 fully saturated rings. The highest BCUT2D eigenvalue weighted by atomic mass is 16.5. The van der Waals surface area contributed by atoms with Gasteiger partial charge < -0.3 is 13.9 Å². The van der Waals surface area contributed by atoms with Crippen LogP contribution in [0.15, 0.2) is 9.05 Å². The maximum atomic E-state index is 12.3. The molecule has 7 nitrogen and oxygen atoms in total. The molecule has 122 valence electrons. The molecule has 0 atom stereocenters. The minimum absolute atomic E-state index is 0.156. The van der Waals surface area contributed by atoms with Crippen LogP contribution in [0, 0.1) is 13.8 Å². The number of hydrogen-bond donors (Lipinski definition) is 0. The molecule has 7 heteroatoms. The molecule has 3 heterocycles. The van der Waals surface area contributed by atoms with E-state index in [1.54, 1.807) is 0 Å². The van der Waals surface area contributed by atoms with Crippen molar-refractivity contribution in [3.8, 4) is 0 Å². The van der Waals surface area contributed by atoms with E-state index in [0.29, 0.717) is 37.7 Å². The number of hydrogen-bond acceptors (Lipinski definition) is 6. The fourth-order valence-corrected chi connectivity index (χ4v) is 3.01. The highest BCUT2D eigenvalue weighted by Gasteiger charge is 2.37. The van der Waals surface area contributed by atoms with Gasteiger partial charge in [-0.2, -0.15) is 4.98 Å². The lowest BCUT2D eigenvalue weighted by atomic mass is 9.98. The van der Waals surface area contributed by atoms with Gasteiger partial charge in [-0.1, -0.05) is 10.3 Å². The zero-order valence-corrected chi connectivity index (χ0v) is 13.4. The van der Waals surface area contributed by atoms with Crippen LogP contribution in [0.4, 0.5) is 0 Å². The van der Waals surface area contributed by atoms with Crippen LogP contribution >= 0.6 is 0 Å². The lowest BCUT2D eigenvalue weighted by molar-refractivity contribution is -0.135. The third-order valence-electron chi connectivity index (χ3n) is 4.75. The van der Waals surface area contributed by atoms with Crippen LogP contribution in [0.1, 0.15) is 59.8 Å². The number of likely N-dealkylation sites (tertiary alicyclic amines) is 1. The van der Waals surface area contributed by atoms with Gasteiger partial charge in [0, 0.05) is 31.0 Å². The molecule has 0 bridgehead atoms. The first-order chi connectivity index (χ1) is 11.1. The summed E-state index contributed by atoms with van der Waals surface area (Å²) in [5.74, 6) is 3.17. The topological polar surface area (TPSA) is 85.3 Å². The molecule has 2 aromatic rings. The Labute approximate surface area is 134 Å². The monoisotopic (exact) mass is 316 g/mol. The molecule has 1 aliphatic heterocycles. The Morgan fingerprint density at radius 3 is 2.61 bits per heavy atom. The highest BCUT2D eigenvalue weighted by Crippen LogP contribution is 2.39. The molecule has 1 saturated carbocycles. The van der Waals surface area contributed by atoms with Crippen LogP contribution in [-0.4, -0.2) is 39.2 Å². The van der Waals surface area contributed by atoms with Crippen LogP contribution in [0.25, 0.3) is 0 Å². The van der Waals surface area contributed by atoms with E-state index in [2.05, 4.69) is 15.3 Å². The normalized spacial score (nSPS) is 18.3. The van der Waals surface area contributed by atoms with Gasteiger partial charge in [-0.3, -0.25) is 4.79 Å². The minimum Gasteiger partial charge on any atom is -0.361 e. The fourth-order valence-electron chi connectivity index (χ4n) is 3.01. The van der Waals surface area contributed by atoms with E-state index in [4.69, 9.17) is 9.05 Å². The number of nitrogens with zero attached hydrogens (tertiary/aromatic N) is 4. The SMILES string of the molecule is Cc1noc(C)c1CCC(=O)N1CC(c2nc(C3CC3)no2)C1. The standard InChI is InChI=1S/C16H20N4O3/c1-9-13(10(2)22-18-9)5-6-14(21)20-7-12(8-20)16-17-15(19-23-16)11-3-4-11/h11-12H,3-8H2,1-2H3. The van der Waals surface area contributed by atoms with Crippen molar-refractivity contribution in [3.05, 3.63) is 28.7 Å². The lowest BCUT2D eigenvalue weighted by Gasteiger charge is -2.37. The van der Waals surface area contributed by atoms with Crippen LogP contribution < -0.4 is 0 Å². The Balaban J connectivity index is 1.28. The molecule has 23 heavy (non-hydrogen) atoms. The first-order valence-electron chi connectivity index (χ1n) is 8.15. The summed E-state index contributed by atoms with van der Waals surface area (Å²) < 4.78 is 10.5. The van der Waals surface area contributed by atoms with E-state index in [0.717, 1.165) is 35.7 Å². The van der Waals surface area contributed by atoms with Crippen LogP contribution in [-0.2, 0) is 11.2 Å². The first-order valence-corrected chi connectivity index (χ1v) is 8.15. The molecular formula is C16H20N4O3. The van der Waals surface area contributed by atoms with Gasteiger partial charge in [0.25, 0.3) is 0 Å². The van der Waals surface area contributed by atoms with E-state index < -0.39 is 0 Å². The summed E-state index contributed by atoms with van der Waals surface area (Å²) in [6.45, 7) is 5.13. The molecular weight excluding hydrogens is 296 g/mol. The predicted molar refractivity (Wildman–Crippen MR) is 79.9 cm³/mol. The van der Waals surface area contributed by atoms with E-state index >= 15 is 0 Å². The number of carbonyl (C=O) groups excluding carboxylic acids is 1. The van der Waals surface area contributed by atoms with Crippen molar-refractivity contribution in [2.24, 2.45) is 0 Å². The zero-order chi connectivity index (χ0) is 16.0. The summed E-state index contributed by atoms with van der Waals surface area (Å²) in [5, 5.41) is 7.95. The van der Waals surface area contributed by atoms with E-state index in [9.17, 15) is 4.79 Å². The lowest BCUT2D eigenvalue weighted by Crippen LogP contribution is -2.48. The van der Waals surface area contributed by atoms with E-state index in [1.807, 2.05) is 18.7 Å². The number of rotatable bonds is 5. The molecule has 1 saturated heterocycles. The molecule has 0 radical (unpaired) electrons. The van der Waals surface area contributed by atoms with E-state index in [1.165, 1.54) is 0 Å². The largest absolute Gasteiger partial charge is 0.361 e. The Bertz CT molecular complexity index is 706. The second kappa shape index (κ2) is 5.47. The van der Waals surface area contributed by atoms with Gasteiger partial charge in [0.1, 0.15) is 5.76 Å². The van der Waals surface area contributed by atoms with Crippen molar-refractivity contribution in [2.75, 3.05) is 13.1 Å². The van der Waals surface area contributed by atoms with Crippen molar-refractivity contribution >= 4 is 5.91 Å². The predicted octanol–water partition coefficient (Wildman–Crippen LogP) is 2.11. The molecule has 4 rings (SSSR count). The highest BCUT2D eigenvalue weighted by molar-refractivity contribution is 5.77. The van der Waals surface area contributed by atoms with Gasteiger partial charge in [-0.25, -0.2) is 0 Å². The zero-order valence-electron chi connectivity index (χ0n) is 13.4. The van der Waals surface area contributed by atoms with Crippen LogP contribution in [0.3, 0.4) is 0 Å². The van der Waals surface area contributed by atoms with Crippen molar-refractivity contribution in [1.82, 2.24) is 20.2 Å². The summed E-state index contributed by atoms with van der Waals surface area (Å²) in [5.41, 5.74) is 1.91. The average Bonchev–Trinajstić information content (AvgIpc) is 3.14. The molecule has 2 aliphatic rings. The Morgan fingerprint density at radius 1 is 1.17 bits per heavy atom. The molecule has 1 aliphatic carbocycles. The van der Waals surface area contributed by atoms with Gasteiger partial charge in [0.15, 0.2) is 5.82 Å². The summed E-state index contributed by atoms with van der Waals surface area (Å²) in [4.78, 5) is 18.6. The van der Waals surface area contributed by atoms with Crippen LogP contribution in [0.2, 0.25) is 0 Å². The average molecular weight is 316 g/mol. The number of carbonyl (C=O) groups is 1.